The SMILES string of the molecule is CCOC(=O)[C@@]1(C)CSC(c2ccc(OCCOCCOC)cc2O)=N1.COCCOCCOc1ccc(C2=N[C@@](C)(C(=O)O)CS2)c(O)c1. The van der Waals surface area contributed by atoms with Crippen LogP contribution in [0.25, 0.3) is 0 Å². The summed E-state index contributed by atoms with van der Waals surface area (Å²) in [6, 6.07) is 9.91. The molecule has 14 nitrogen and oxygen atoms in total. The second-order valence-corrected chi connectivity index (χ2v) is 13.2. The van der Waals surface area contributed by atoms with Crippen LogP contribution in [0.4, 0.5) is 0 Å². The maximum Gasteiger partial charge on any atom is 0.334 e. The molecule has 2 aliphatic rings. The number of hydrogen-bond acceptors (Lipinski definition) is 15. The highest BCUT2D eigenvalue weighted by Gasteiger charge is 2.41. The Kier molecular flexibility index (Phi) is 16.6. The Labute approximate surface area is 300 Å². The Bertz CT molecular complexity index is 1490. The summed E-state index contributed by atoms with van der Waals surface area (Å²) in [7, 11) is 3.22. The number of carbonyl (C=O) groups is 2. The number of ether oxygens (including phenoxy) is 7. The molecule has 2 aromatic rings. The van der Waals surface area contributed by atoms with Gasteiger partial charge in [-0.3, -0.25) is 9.98 Å². The maximum absolute atomic E-state index is 12.1. The first-order valence-corrected chi connectivity index (χ1v) is 17.8. The number of carboxylic acid groups (broad SMARTS) is 1. The molecular formula is C34H46N2O12S2. The molecule has 0 radical (unpaired) electrons. The number of phenols is 2. The van der Waals surface area contributed by atoms with Crippen molar-refractivity contribution in [2.75, 3.05) is 85.2 Å². The zero-order valence-corrected chi connectivity index (χ0v) is 30.6. The van der Waals surface area contributed by atoms with Crippen molar-refractivity contribution >= 4 is 45.5 Å². The van der Waals surface area contributed by atoms with Crippen LogP contribution < -0.4 is 9.47 Å². The number of aliphatic carboxylic acids is 1. The van der Waals surface area contributed by atoms with E-state index in [4.69, 9.17) is 33.2 Å². The fraction of sp³-hybridized carbons (Fsp3) is 0.529. The molecule has 4 rings (SSSR count). The van der Waals surface area contributed by atoms with E-state index in [-0.39, 0.29) is 17.5 Å². The average Bonchev–Trinajstić information content (AvgIpc) is 3.69. The standard InChI is InChI=1S/C18H25NO6S.C16H21NO6S/c1-4-24-17(21)18(2)12-26-16(19-18)14-6-5-13(11-15(14)20)25-10-9-23-8-7-22-3;1-16(15(19)20)10-24-14(17-16)12-4-3-11(9-13(12)18)23-8-7-22-6-5-21-2/h5-6,11,20H,4,7-10,12H2,1-3H3;3-4,9,18H,5-8,10H2,1-2H3,(H,19,20)/t18-;16-/m11/s1. The van der Waals surface area contributed by atoms with Crippen molar-refractivity contribution in [2.45, 2.75) is 31.8 Å². The van der Waals surface area contributed by atoms with Crippen LogP contribution in [-0.4, -0.2) is 134 Å². The minimum atomic E-state index is -1.15. The van der Waals surface area contributed by atoms with Crippen LogP contribution in [0.3, 0.4) is 0 Å². The maximum atomic E-state index is 12.1. The van der Waals surface area contributed by atoms with Gasteiger partial charge in [0.1, 0.15) is 46.3 Å². The lowest BCUT2D eigenvalue weighted by Crippen LogP contribution is -2.35. The topological polar surface area (TPSA) is 184 Å². The first-order valence-electron chi connectivity index (χ1n) is 15.9. The van der Waals surface area contributed by atoms with Crippen molar-refractivity contribution in [1.82, 2.24) is 0 Å². The first kappa shape index (κ1) is 40.9. The molecule has 0 bridgehead atoms. The van der Waals surface area contributed by atoms with E-state index in [1.54, 1.807) is 59.3 Å². The zero-order valence-electron chi connectivity index (χ0n) is 29.0. The number of esters is 1. The predicted molar refractivity (Wildman–Crippen MR) is 192 cm³/mol. The number of hydrogen-bond donors (Lipinski definition) is 3. The molecule has 16 heteroatoms. The van der Waals surface area contributed by atoms with Crippen molar-refractivity contribution in [3.63, 3.8) is 0 Å². The molecule has 50 heavy (non-hydrogen) atoms. The third-order valence-electron chi connectivity index (χ3n) is 7.11. The fourth-order valence-electron chi connectivity index (χ4n) is 4.26. The average molecular weight is 739 g/mol. The zero-order chi connectivity index (χ0) is 36.6. The van der Waals surface area contributed by atoms with Crippen LogP contribution in [0.1, 0.15) is 31.9 Å². The highest BCUT2D eigenvalue weighted by atomic mass is 32.2. The van der Waals surface area contributed by atoms with E-state index in [0.29, 0.717) is 104 Å². The lowest BCUT2D eigenvalue weighted by molar-refractivity contribution is -0.147. The summed E-state index contributed by atoms with van der Waals surface area (Å²) in [4.78, 5) is 32.0. The molecule has 276 valence electrons. The van der Waals surface area contributed by atoms with Gasteiger partial charge in [0.15, 0.2) is 11.1 Å². The minimum Gasteiger partial charge on any atom is -0.507 e. The largest absolute Gasteiger partial charge is 0.507 e. The van der Waals surface area contributed by atoms with Crippen molar-refractivity contribution in [3.8, 4) is 23.0 Å². The molecule has 3 N–H and O–H groups in total. The van der Waals surface area contributed by atoms with Crippen LogP contribution in [0.2, 0.25) is 0 Å². The van der Waals surface area contributed by atoms with Gasteiger partial charge in [-0.1, -0.05) is 0 Å². The van der Waals surface area contributed by atoms with Crippen LogP contribution in [0, 0.1) is 0 Å². The predicted octanol–water partition coefficient (Wildman–Crippen LogP) is 4.02. The molecule has 2 heterocycles. The molecule has 0 fully saturated rings. The normalized spacial score (nSPS) is 19.6. The Morgan fingerprint density at radius 2 is 1.16 bits per heavy atom. The summed E-state index contributed by atoms with van der Waals surface area (Å²) >= 11 is 2.74. The van der Waals surface area contributed by atoms with Crippen molar-refractivity contribution in [2.24, 2.45) is 9.98 Å². The molecule has 0 saturated carbocycles. The van der Waals surface area contributed by atoms with Crippen molar-refractivity contribution < 1.29 is 58.1 Å². The molecule has 2 atom stereocenters. The molecular weight excluding hydrogens is 693 g/mol. The second-order valence-electron chi connectivity index (χ2n) is 11.2. The number of rotatable bonds is 19. The summed E-state index contributed by atoms with van der Waals surface area (Å²) in [5, 5.41) is 30.8. The minimum absolute atomic E-state index is 0.00805. The van der Waals surface area contributed by atoms with Gasteiger partial charge >= 0.3 is 11.9 Å². The van der Waals surface area contributed by atoms with E-state index < -0.39 is 17.0 Å². The van der Waals surface area contributed by atoms with Gasteiger partial charge in [-0.2, -0.15) is 0 Å². The quantitative estimate of drug-likeness (QED) is 0.139. The Hall–Kier alpha value is -3.54. The summed E-state index contributed by atoms with van der Waals surface area (Å²) in [6.45, 7) is 9.06. The number of methoxy groups -OCH3 is 2. The first-order chi connectivity index (χ1) is 24.0. The Morgan fingerprint density at radius 3 is 1.56 bits per heavy atom. The third-order valence-corrected chi connectivity index (χ3v) is 9.69. The van der Waals surface area contributed by atoms with E-state index in [1.165, 1.54) is 35.7 Å². The number of carbonyl (C=O) groups excluding carboxylic acids is 1. The summed E-state index contributed by atoms with van der Waals surface area (Å²) < 4.78 is 36.5. The molecule has 2 aliphatic heterocycles. The lowest BCUT2D eigenvalue weighted by atomic mass is 10.1. The number of carboxylic acids is 1. The molecule has 2 aromatic carbocycles. The van der Waals surface area contributed by atoms with Crippen LogP contribution in [-0.2, 0) is 33.3 Å². The van der Waals surface area contributed by atoms with Crippen LogP contribution in [0.15, 0.2) is 46.4 Å². The second kappa shape index (κ2) is 20.3. The van der Waals surface area contributed by atoms with Gasteiger partial charge < -0.3 is 48.5 Å². The lowest BCUT2D eigenvalue weighted by Gasteiger charge is -2.16. The number of nitrogens with zero attached hydrogens (tertiary/aromatic N) is 2. The number of thioether (sulfide) groups is 2. The fourth-order valence-corrected chi connectivity index (χ4v) is 6.66. The van der Waals surface area contributed by atoms with Crippen molar-refractivity contribution in [1.29, 1.82) is 0 Å². The molecule has 0 amide bonds. The Balaban J connectivity index is 0.000000271. The van der Waals surface area contributed by atoms with Gasteiger partial charge in [0, 0.05) is 49.0 Å². The smallest absolute Gasteiger partial charge is 0.334 e. The van der Waals surface area contributed by atoms with E-state index in [0.717, 1.165) is 0 Å². The highest BCUT2D eigenvalue weighted by Crippen LogP contribution is 2.37. The van der Waals surface area contributed by atoms with Crippen molar-refractivity contribution in [3.05, 3.63) is 47.5 Å². The number of phenolic OH excluding ortho intramolecular Hbond substituents is 2. The van der Waals surface area contributed by atoms with Crippen LogP contribution in [0.5, 0.6) is 23.0 Å². The van der Waals surface area contributed by atoms with E-state index >= 15 is 0 Å². The molecule has 0 saturated heterocycles. The summed E-state index contributed by atoms with van der Waals surface area (Å²) in [6.07, 6.45) is 0. The molecule has 0 aliphatic carbocycles. The Morgan fingerprint density at radius 1 is 0.720 bits per heavy atom. The summed E-state index contributed by atoms with van der Waals surface area (Å²) in [5.74, 6) is 0.616. The molecule has 0 aromatic heterocycles. The van der Waals surface area contributed by atoms with Gasteiger partial charge in [-0.25, -0.2) is 9.59 Å². The van der Waals surface area contributed by atoms with E-state index in [2.05, 4.69) is 9.98 Å². The monoisotopic (exact) mass is 738 g/mol. The van der Waals surface area contributed by atoms with Gasteiger partial charge in [0.2, 0.25) is 0 Å². The number of benzene rings is 2. The van der Waals surface area contributed by atoms with Gasteiger partial charge in [-0.05, 0) is 45.0 Å². The number of aliphatic imine (C=N–C) groups is 2. The van der Waals surface area contributed by atoms with Gasteiger partial charge in [0.05, 0.1) is 46.2 Å². The molecule has 0 unspecified atom stereocenters. The van der Waals surface area contributed by atoms with E-state index in [9.17, 15) is 24.9 Å². The van der Waals surface area contributed by atoms with E-state index in [1.807, 2.05) is 0 Å². The number of aromatic hydroxyl groups is 2. The molecule has 0 spiro atoms. The van der Waals surface area contributed by atoms with Crippen LogP contribution >= 0.6 is 23.5 Å². The summed E-state index contributed by atoms with van der Waals surface area (Å²) in [5.41, 5.74) is -0.987. The highest BCUT2D eigenvalue weighted by molar-refractivity contribution is 8.15. The van der Waals surface area contributed by atoms with Gasteiger partial charge in [0.25, 0.3) is 0 Å². The third kappa shape index (κ3) is 12.1. The van der Waals surface area contributed by atoms with Gasteiger partial charge in [-0.15, -0.1) is 23.5 Å².